The molecule has 0 aliphatic rings. The van der Waals surface area contributed by atoms with Crippen molar-refractivity contribution in [1.82, 2.24) is 0 Å². The van der Waals surface area contributed by atoms with Crippen LogP contribution in [0.2, 0.25) is 0 Å². The topological polar surface area (TPSA) is 29.4 Å². The SMILES string of the molecule is O=C=NCCc1cc(F)c(F)c(F)c1F. The maximum absolute atomic E-state index is 12.9. The summed E-state index contributed by atoms with van der Waals surface area (Å²) < 4.78 is 50.7. The van der Waals surface area contributed by atoms with Crippen LogP contribution < -0.4 is 0 Å². The van der Waals surface area contributed by atoms with Gasteiger partial charge in [0.2, 0.25) is 6.08 Å². The van der Waals surface area contributed by atoms with Gasteiger partial charge in [0.1, 0.15) is 0 Å². The lowest BCUT2D eigenvalue weighted by atomic mass is 10.1. The first-order chi connectivity index (χ1) is 7.07. The lowest BCUT2D eigenvalue weighted by Gasteiger charge is -2.03. The van der Waals surface area contributed by atoms with Crippen molar-refractivity contribution >= 4 is 6.08 Å². The van der Waals surface area contributed by atoms with Crippen LogP contribution in [-0.2, 0) is 11.2 Å². The molecule has 0 bridgehead atoms. The number of rotatable bonds is 3. The molecule has 2 nitrogen and oxygen atoms in total. The van der Waals surface area contributed by atoms with E-state index in [1.54, 1.807) is 0 Å². The second kappa shape index (κ2) is 4.70. The molecule has 1 rings (SSSR count). The molecular weight excluding hydrogens is 214 g/mol. The smallest absolute Gasteiger partial charge is 0.211 e. The molecule has 0 unspecified atom stereocenters. The third-order valence-corrected chi connectivity index (χ3v) is 1.74. The number of hydrogen-bond acceptors (Lipinski definition) is 2. The first kappa shape index (κ1) is 11.4. The highest BCUT2D eigenvalue weighted by Gasteiger charge is 2.18. The average Bonchev–Trinajstić information content (AvgIpc) is 2.23. The molecule has 1 aromatic rings. The first-order valence-electron chi connectivity index (χ1n) is 3.93. The molecule has 6 heteroatoms. The number of nitrogens with zero attached hydrogens (tertiary/aromatic N) is 1. The fourth-order valence-electron chi connectivity index (χ4n) is 1.03. The van der Waals surface area contributed by atoms with Crippen LogP contribution in [0.5, 0.6) is 0 Å². The summed E-state index contributed by atoms with van der Waals surface area (Å²) in [4.78, 5) is 12.8. The van der Waals surface area contributed by atoms with Crippen LogP contribution in [-0.4, -0.2) is 12.6 Å². The second-order valence-corrected chi connectivity index (χ2v) is 2.68. The van der Waals surface area contributed by atoms with Gasteiger partial charge in [0.05, 0.1) is 6.54 Å². The van der Waals surface area contributed by atoms with E-state index in [4.69, 9.17) is 0 Å². The third kappa shape index (κ3) is 2.41. The molecule has 0 aliphatic heterocycles. The molecular formula is C9H5F4NO. The van der Waals surface area contributed by atoms with Crippen LogP contribution in [0.3, 0.4) is 0 Å². The Morgan fingerprint density at radius 3 is 2.40 bits per heavy atom. The van der Waals surface area contributed by atoms with Crippen molar-refractivity contribution in [3.05, 3.63) is 34.9 Å². The molecule has 0 radical (unpaired) electrons. The number of carbonyl (C=O) groups excluding carboxylic acids is 1. The van der Waals surface area contributed by atoms with Crippen molar-refractivity contribution in [2.24, 2.45) is 4.99 Å². The van der Waals surface area contributed by atoms with E-state index in [9.17, 15) is 22.4 Å². The van der Waals surface area contributed by atoms with Crippen molar-refractivity contribution in [3.8, 4) is 0 Å². The van der Waals surface area contributed by atoms with Gasteiger partial charge in [0.15, 0.2) is 23.3 Å². The van der Waals surface area contributed by atoms with Crippen LogP contribution in [0, 0.1) is 23.3 Å². The normalized spacial score (nSPS) is 9.87. The monoisotopic (exact) mass is 219 g/mol. The minimum atomic E-state index is -1.86. The van der Waals surface area contributed by atoms with Crippen molar-refractivity contribution < 1.29 is 22.4 Å². The molecule has 0 heterocycles. The van der Waals surface area contributed by atoms with Crippen LogP contribution in [0.1, 0.15) is 5.56 Å². The Balaban J connectivity index is 3.03. The van der Waals surface area contributed by atoms with E-state index in [0.717, 1.165) is 0 Å². The molecule has 0 aliphatic carbocycles. The number of hydrogen-bond donors (Lipinski definition) is 0. The van der Waals surface area contributed by atoms with E-state index in [0.29, 0.717) is 6.07 Å². The van der Waals surface area contributed by atoms with Gasteiger partial charge in [-0.2, -0.15) is 0 Å². The summed E-state index contributed by atoms with van der Waals surface area (Å²) in [5.74, 6) is -6.65. The van der Waals surface area contributed by atoms with Crippen LogP contribution >= 0.6 is 0 Å². The van der Waals surface area contributed by atoms with Gasteiger partial charge in [-0.3, -0.25) is 0 Å². The van der Waals surface area contributed by atoms with E-state index in [2.05, 4.69) is 4.99 Å². The van der Waals surface area contributed by atoms with Crippen LogP contribution in [0.4, 0.5) is 17.6 Å². The molecule has 80 valence electrons. The maximum atomic E-state index is 12.9. The molecule has 0 N–H and O–H groups in total. The predicted molar refractivity (Wildman–Crippen MR) is 43.0 cm³/mol. The Kier molecular flexibility index (Phi) is 3.57. The van der Waals surface area contributed by atoms with Crippen LogP contribution in [0.15, 0.2) is 11.1 Å². The van der Waals surface area contributed by atoms with Gasteiger partial charge in [-0.05, 0) is 18.1 Å². The summed E-state index contributed by atoms with van der Waals surface area (Å²) in [6, 6.07) is 0.536. The Morgan fingerprint density at radius 1 is 1.13 bits per heavy atom. The highest BCUT2D eigenvalue weighted by molar-refractivity contribution is 5.33. The largest absolute Gasteiger partial charge is 0.234 e. The van der Waals surface area contributed by atoms with Crippen LogP contribution in [0.25, 0.3) is 0 Å². The fraction of sp³-hybridized carbons (Fsp3) is 0.222. The Bertz CT molecular complexity index is 427. The summed E-state index contributed by atoms with van der Waals surface area (Å²) in [6.07, 6.45) is 0.990. The number of aliphatic imine (C=N–C) groups is 1. The van der Waals surface area contributed by atoms with Gasteiger partial charge in [0.25, 0.3) is 0 Å². The minimum Gasteiger partial charge on any atom is -0.211 e. The van der Waals surface area contributed by atoms with E-state index < -0.39 is 23.3 Å². The molecule has 1 aromatic carbocycles. The second-order valence-electron chi connectivity index (χ2n) is 2.68. The molecule has 0 spiro atoms. The minimum absolute atomic E-state index is 0.162. The Hall–Kier alpha value is -1.68. The van der Waals surface area contributed by atoms with Crippen molar-refractivity contribution in [1.29, 1.82) is 0 Å². The summed E-state index contributed by atoms with van der Waals surface area (Å²) in [7, 11) is 0. The number of benzene rings is 1. The molecule has 0 amide bonds. The fourth-order valence-corrected chi connectivity index (χ4v) is 1.03. The van der Waals surface area contributed by atoms with E-state index in [1.165, 1.54) is 6.08 Å². The number of halogens is 4. The summed E-state index contributed by atoms with van der Waals surface area (Å²) in [5.41, 5.74) is -0.370. The van der Waals surface area contributed by atoms with Gasteiger partial charge >= 0.3 is 0 Å². The lowest BCUT2D eigenvalue weighted by molar-refractivity contribution is 0.404. The zero-order chi connectivity index (χ0) is 11.4. The van der Waals surface area contributed by atoms with Gasteiger partial charge < -0.3 is 0 Å². The summed E-state index contributed by atoms with van der Waals surface area (Å²) in [6.45, 7) is -0.162. The molecule has 15 heavy (non-hydrogen) atoms. The third-order valence-electron chi connectivity index (χ3n) is 1.74. The molecule has 0 fully saturated rings. The summed E-state index contributed by atoms with van der Waals surface area (Å²) in [5, 5.41) is 0. The first-order valence-corrected chi connectivity index (χ1v) is 3.93. The maximum Gasteiger partial charge on any atom is 0.234 e. The highest BCUT2D eigenvalue weighted by Crippen LogP contribution is 2.18. The zero-order valence-corrected chi connectivity index (χ0v) is 7.36. The summed E-state index contributed by atoms with van der Waals surface area (Å²) >= 11 is 0. The highest BCUT2D eigenvalue weighted by atomic mass is 19.2. The average molecular weight is 219 g/mol. The van der Waals surface area contributed by atoms with Crippen molar-refractivity contribution in [2.75, 3.05) is 6.54 Å². The Morgan fingerprint density at radius 2 is 1.80 bits per heavy atom. The molecule has 0 aromatic heterocycles. The van der Waals surface area contributed by atoms with Gasteiger partial charge in [-0.25, -0.2) is 27.3 Å². The Labute approximate surface area is 82.2 Å². The molecule has 0 saturated carbocycles. The van der Waals surface area contributed by atoms with Crippen molar-refractivity contribution in [2.45, 2.75) is 6.42 Å². The van der Waals surface area contributed by atoms with Gasteiger partial charge in [0, 0.05) is 0 Å². The standard InChI is InChI=1S/C9H5F4NO/c10-6-3-5(1-2-14-4-15)7(11)9(13)8(6)12/h3H,1-2H2. The van der Waals surface area contributed by atoms with E-state index in [1.807, 2.05) is 0 Å². The van der Waals surface area contributed by atoms with Gasteiger partial charge in [-0.1, -0.05) is 0 Å². The number of isocyanates is 1. The molecule has 0 saturated heterocycles. The quantitative estimate of drug-likeness (QED) is 0.252. The molecule has 0 atom stereocenters. The predicted octanol–water partition coefficient (Wildman–Crippen LogP) is 2.12. The lowest BCUT2D eigenvalue weighted by Crippen LogP contribution is -2.02. The van der Waals surface area contributed by atoms with Gasteiger partial charge in [-0.15, -0.1) is 0 Å². The zero-order valence-electron chi connectivity index (χ0n) is 7.36. The van der Waals surface area contributed by atoms with E-state index in [-0.39, 0.29) is 18.5 Å². The van der Waals surface area contributed by atoms with E-state index >= 15 is 0 Å². The van der Waals surface area contributed by atoms with Crippen molar-refractivity contribution in [3.63, 3.8) is 0 Å².